The quantitative estimate of drug-likeness (QED) is 0.554. The summed E-state index contributed by atoms with van der Waals surface area (Å²) >= 11 is 0. The summed E-state index contributed by atoms with van der Waals surface area (Å²) in [6.45, 7) is 3.41. The Labute approximate surface area is 191 Å². The normalized spacial score (nSPS) is 13.8. The average molecular weight is 452 g/mol. The molecular formula is C24H26FN5O3. The van der Waals surface area contributed by atoms with Gasteiger partial charge in [0.15, 0.2) is 5.82 Å². The Morgan fingerprint density at radius 1 is 1.06 bits per heavy atom. The lowest BCUT2D eigenvalue weighted by atomic mass is 10.1. The molecule has 0 aliphatic carbocycles. The average Bonchev–Trinajstić information content (AvgIpc) is 3.10. The van der Waals surface area contributed by atoms with E-state index in [0.717, 1.165) is 44.0 Å². The molecule has 0 saturated carbocycles. The Kier molecular flexibility index (Phi) is 7.09. The first-order chi connectivity index (χ1) is 16.0. The molecule has 1 amide bonds. The minimum atomic E-state index is -0.355. The van der Waals surface area contributed by atoms with Crippen molar-refractivity contribution < 1.29 is 18.7 Å². The van der Waals surface area contributed by atoms with Crippen molar-refractivity contribution in [3.05, 3.63) is 82.7 Å². The summed E-state index contributed by atoms with van der Waals surface area (Å²) in [5, 5.41) is 11.4. The lowest BCUT2D eigenvalue weighted by molar-refractivity contribution is -0.120. The van der Waals surface area contributed by atoms with Crippen molar-refractivity contribution in [1.29, 1.82) is 0 Å². The Hall–Kier alpha value is -3.59. The monoisotopic (exact) mass is 451 g/mol. The molecule has 172 valence electrons. The first kappa shape index (κ1) is 22.6. The van der Waals surface area contributed by atoms with Crippen LogP contribution in [0.1, 0.15) is 33.1 Å². The van der Waals surface area contributed by atoms with Gasteiger partial charge in [-0.3, -0.25) is 9.69 Å². The van der Waals surface area contributed by atoms with Gasteiger partial charge in [0, 0.05) is 32.6 Å². The minimum absolute atomic E-state index is 0.112. The van der Waals surface area contributed by atoms with E-state index in [1.54, 1.807) is 24.3 Å². The number of carbonyl (C=O) groups excluding carboxylic acids is 2. The molecule has 9 heteroatoms. The highest BCUT2D eigenvalue weighted by atomic mass is 19.1. The number of nitrogens with one attached hydrogen (secondary N) is 1. The standard InChI is InChI=1S/C24H26FN5O3/c1-33-24(32)19-7-5-17(6-8-19)16-29-10-9-21-27-28-22(30(21)12-11-29)15-26-23(31)14-18-3-2-4-20(25)13-18/h2-8,13H,9-12,14-16H2,1H3,(H,26,31). The van der Waals surface area contributed by atoms with E-state index in [4.69, 9.17) is 4.74 Å². The minimum Gasteiger partial charge on any atom is -0.465 e. The zero-order valence-corrected chi connectivity index (χ0v) is 18.5. The molecule has 0 saturated heterocycles. The van der Waals surface area contributed by atoms with Crippen LogP contribution < -0.4 is 5.32 Å². The molecule has 8 nitrogen and oxygen atoms in total. The first-order valence-electron chi connectivity index (χ1n) is 10.8. The van der Waals surface area contributed by atoms with Crippen molar-refractivity contribution >= 4 is 11.9 Å². The van der Waals surface area contributed by atoms with Gasteiger partial charge in [-0.15, -0.1) is 10.2 Å². The molecule has 33 heavy (non-hydrogen) atoms. The van der Waals surface area contributed by atoms with Crippen LogP contribution in [-0.4, -0.2) is 51.7 Å². The van der Waals surface area contributed by atoms with Gasteiger partial charge in [-0.05, 0) is 35.4 Å². The number of carbonyl (C=O) groups is 2. The van der Waals surface area contributed by atoms with Crippen molar-refractivity contribution in [2.45, 2.75) is 32.5 Å². The van der Waals surface area contributed by atoms with E-state index in [1.165, 1.54) is 19.2 Å². The topological polar surface area (TPSA) is 89.3 Å². The summed E-state index contributed by atoms with van der Waals surface area (Å²) in [6, 6.07) is 13.5. The highest BCUT2D eigenvalue weighted by molar-refractivity contribution is 5.89. The van der Waals surface area contributed by atoms with Crippen LogP contribution in [0.2, 0.25) is 0 Å². The Balaban J connectivity index is 1.31. The number of methoxy groups -OCH3 is 1. The van der Waals surface area contributed by atoms with E-state index in [9.17, 15) is 14.0 Å². The number of rotatable bonds is 7. The number of ether oxygens (including phenoxy) is 1. The van der Waals surface area contributed by atoms with Crippen molar-refractivity contribution in [3.8, 4) is 0 Å². The van der Waals surface area contributed by atoms with Gasteiger partial charge in [0.2, 0.25) is 5.91 Å². The van der Waals surface area contributed by atoms with Crippen molar-refractivity contribution in [3.63, 3.8) is 0 Å². The zero-order chi connectivity index (χ0) is 23.2. The van der Waals surface area contributed by atoms with E-state index in [2.05, 4.69) is 25.0 Å². The third kappa shape index (κ3) is 5.81. The smallest absolute Gasteiger partial charge is 0.337 e. The Morgan fingerprint density at radius 2 is 1.88 bits per heavy atom. The van der Waals surface area contributed by atoms with Gasteiger partial charge < -0.3 is 14.6 Å². The first-order valence-corrected chi connectivity index (χ1v) is 10.8. The molecule has 0 spiro atoms. The Bertz CT molecular complexity index is 1130. The highest BCUT2D eigenvalue weighted by Gasteiger charge is 2.19. The number of hydrogen-bond donors (Lipinski definition) is 1. The van der Waals surface area contributed by atoms with Crippen LogP contribution in [0.5, 0.6) is 0 Å². The van der Waals surface area contributed by atoms with Gasteiger partial charge in [0.05, 0.1) is 25.6 Å². The third-order valence-corrected chi connectivity index (χ3v) is 5.67. The van der Waals surface area contributed by atoms with Crippen molar-refractivity contribution in [2.24, 2.45) is 0 Å². The van der Waals surface area contributed by atoms with E-state index >= 15 is 0 Å². The zero-order valence-electron chi connectivity index (χ0n) is 18.5. The molecular weight excluding hydrogens is 425 g/mol. The number of aromatic nitrogens is 3. The lowest BCUT2D eigenvalue weighted by Crippen LogP contribution is -2.28. The lowest BCUT2D eigenvalue weighted by Gasteiger charge is -2.19. The second-order valence-electron chi connectivity index (χ2n) is 7.98. The fourth-order valence-corrected chi connectivity index (χ4v) is 3.91. The van der Waals surface area contributed by atoms with Gasteiger partial charge in [0.1, 0.15) is 11.6 Å². The predicted molar refractivity (Wildman–Crippen MR) is 119 cm³/mol. The molecule has 0 fully saturated rings. The maximum absolute atomic E-state index is 13.3. The molecule has 0 atom stereocenters. The van der Waals surface area contributed by atoms with Crippen molar-refractivity contribution in [1.82, 2.24) is 25.0 Å². The molecule has 4 rings (SSSR count). The molecule has 1 N–H and O–H groups in total. The van der Waals surface area contributed by atoms with Crippen LogP contribution in [-0.2, 0) is 42.0 Å². The van der Waals surface area contributed by atoms with Gasteiger partial charge in [0.25, 0.3) is 0 Å². The van der Waals surface area contributed by atoms with E-state index < -0.39 is 0 Å². The molecule has 2 heterocycles. The van der Waals surface area contributed by atoms with Gasteiger partial charge >= 0.3 is 5.97 Å². The highest BCUT2D eigenvalue weighted by Crippen LogP contribution is 2.14. The van der Waals surface area contributed by atoms with Gasteiger partial charge in [-0.2, -0.15) is 0 Å². The maximum atomic E-state index is 13.3. The number of fused-ring (bicyclic) bond motifs is 1. The number of hydrogen-bond acceptors (Lipinski definition) is 6. The number of halogens is 1. The molecule has 1 aromatic heterocycles. The number of amides is 1. The van der Waals surface area contributed by atoms with Crippen LogP contribution in [0, 0.1) is 5.82 Å². The molecule has 0 unspecified atom stereocenters. The van der Waals surface area contributed by atoms with Crippen molar-refractivity contribution in [2.75, 3.05) is 20.2 Å². The maximum Gasteiger partial charge on any atom is 0.337 e. The number of benzene rings is 2. The fraction of sp³-hybridized carbons (Fsp3) is 0.333. The fourth-order valence-electron chi connectivity index (χ4n) is 3.91. The second kappa shape index (κ2) is 10.4. The van der Waals surface area contributed by atoms with E-state index in [0.29, 0.717) is 17.0 Å². The van der Waals surface area contributed by atoms with Gasteiger partial charge in [-0.25, -0.2) is 9.18 Å². The largest absolute Gasteiger partial charge is 0.465 e. The third-order valence-electron chi connectivity index (χ3n) is 5.67. The Morgan fingerprint density at radius 3 is 2.64 bits per heavy atom. The summed E-state index contributed by atoms with van der Waals surface area (Å²) in [7, 11) is 1.37. The molecule has 2 aromatic carbocycles. The van der Waals surface area contributed by atoms with Crippen LogP contribution >= 0.6 is 0 Å². The van der Waals surface area contributed by atoms with E-state index in [-0.39, 0.29) is 30.7 Å². The predicted octanol–water partition coefficient (Wildman–Crippen LogP) is 2.12. The summed E-state index contributed by atoms with van der Waals surface area (Å²) in [6.07, 6.45) is 0.867. The van der Waals surface area contributed by atoms with Crippen LogP contribution in [0.4, 0.5) is 4.39 Å². The van der Waals surface area contributed by atoms with Crippen LogP contribution in [0.25, 0.3) is 0 Å². The number of esters is 1. The van der Waals surface area contributed by atoms with Crippen LogP contribution in [0.15, 0.2) is 48.5 Å². The molecule has 1 aliphatic rings. The summed E-state index contributed by atoms with van der Waals surface area (Å²) in [5.41, 5.74) is 2.28. The molecule has 0 bridgehead atoms. The summed E-state index contributed by atoms with van der Waals surface area (Å²) in [5.74, 6) is 0.718. The SMILES string of the molecule is COC(=O)c1ccc(CN2CCc3nnc(CNC(=O)Cc4cccc(F)c4)n3CC2)cc1. The van der Waals surface area contributed by atoms with Crippen LogP contribution in [0.3, 0.4) is 0 Å². The van der Waals surface area contributed by atoms with Gasteiger partial charge in [-0.1, -0.05) is 24.3 Å². The summed E-state index contributed by atoms with van der Waals surface area (Å²) < 4.78 is 20.1. The molecule has 3 aromatic rings. The molecule has 0 radical (unpaired) electrons. The molecule has 1 aliphatic heterocycles. The van der Waals surface area contributed by atoms with E-state index in [1.807, 2.05) is 12.1 Å². The second-order valence-corrected chi connectivity index (χ2v) is 7.98. The number of nitrogens with zero attached hydrogens (tertiary/aromatic N) is 4. The summed E-state index contributed by atoms with van der Waals surface area (Å²) in [4.78, 5) is 26.2.